The summed E-state index contributed by atoms with van der Waals surface area (Å²) in [6, 6.07) is 3.91. The highest BCUT2D eigenvalue weighted by Gasteiger charge is 2.20. The number of allylic oxidation sites excluding steroid dienone is 1. The van der Waals surface area contributed by atoms with Gasteiger partial charge in [0.1, 0.15) is 6.10 Å². The van der Waals surface area contributed by atoms with Gasteiger partial charge in [-0.15, -0.1) is 0 Å². The molecule has 1 aromatic heterocycles. The Hall–Kier alpha value is -2.83. The van der Waals surface area contributed by atoms with Crippen molar-refractivity contribution in [2.75, 3.05) is 52.7 Å². The van der Waals surface area contributed by atoms with Crippen molar-refractivity contribution in [1.82, 2.24) is 15.2 Å². The van der Waals surface area contributed by atoms with E-state index in [0.717, 1.165) is 36.0 Å². The Morgan fingerprint density at radius 1 is 1.23 bits per heavy atom. The zero-order valence-electron chi connectivity index (χ0n) is 23.7. The number of pyridine rings is 1. The first kappa shape index (κ1) is 33.4. The smallest absolute Gasteiger partial charge is 0.407 e. The van der Waals surface area contributed by atoms with E-state index in [9.17, 15) is 18.0 Å². The number of aromatic nitrogens is 1. The standard InChI is InChI=1S/C21H29N5O4.C5H10.C2H3F3/c1-16-3-4-17(12-23-16)20(25-15-26-6-9-28-10-7-26)11-18(22-2)13-24-21(27)30-19-5-8-29-14-19;1-5-3-2-4-5;1-2(3,4)5/h3-4,11-12,19H,2,5-10,13-15H2,1H3,(H,24,27);5H,2-4H2,1H3;1H3/b18-11-,25-20+;;. The average molecular weight is 570 g/mol. The number of carbonyl (C=O) groups is 1. The molecule has 0 spiro atoms. The molecule has 1 aromatic rings. The highest BCUT2D eigenvalue weighted by Crippen LogP contribution is 2.24. The summed E-state index contributed by atoms with van der Waals surface area (Å²) in [4.78, 5) is 27.4. The van der Waals surface area contributed by atoms with Crippen LogP contribution in [0.5, 0.6) is 0 Å². The normalized spacial score (nSPS) is 20.3. The van der Waals surface area contributed by atoms with E-state index in [0.29, 0.717) is 45.2 Å². The second-order valence-electron chi connectivity index (χ2n) is 9.96. The largest absolute Gasteiger partial charge is 0.444 e. The highest BCUT2D eigenvalue weighted by atomic mass is 19.4. The third-order valence-electron chi connectivity index (χ3n) is 6.23. The van der Waals surface area contributed by atoms with Crippen molar-refractivity contribution in [1.29, 1.82) is 0 Å². The number of amides is 1. The molecule has 0 bridgehead atoms. The number of alkyl halides is 3. The van der Waals surface area contributed by atoms with Crippen molar-refractivity contribution >= 4 is 18.5 Å². The topological polar surface area (TPSA) is 97.6 Å². The first-order chi connectivity index (χ1) is 19.0. The molecule has 1 saturated carbocycles. The zero-order chi connectivity index (χ0) is 29.4. The Morgan fingerprint density at radius 2 is 1.90 bits per heavy atom. The van der Waals surface area contributed by atoms with Gasteiger partial charge in [-0.3, -0.25) is 19.9 Å². The van der Waals surface area contributed by atoms with E-state index in [2.05, 4.69) is 33.8 Å². The lowest BCUT2D eigenvalue weighted by Crippen LogP contribution is -2.36. The average Bonchev–Trinajstić information content (AvgIpc) is 3.41. The summed E-state index contributed by atoms with van der Waals surface area (Å²) in [6.45, 7) is 13.0. The number of alkyl carbamates (subject to hydrolysis) is 1. The fraction of sp³-hybridized carbons (Fsp3) is 0.643. The molecule has 224 valence electrons. The molecule has 12 heteroatoms. The molecule has 40 heavy (non-hydrogen) atoms. The quantitative estimate of drug-likeness (QED) is 0.446. The van der Waals surface area contributed by atoms with Crippen LogP contribution in [0.2, 0.25) is 0 Å². The van der Waals surface area contributed by atoms with Crippen LogP contribution in [0, 0.1) is 12.8 Å². The van der Waals surface area contributed by atoms with E-state index in [1.807, 2.05) is 25.1 Å². The van der Waals surface area contributed by atoms with Gasteiger partial charge in [0.15, 0.2) is 0 Å². The van der Waals surface area contributed by atoms with Gasteiger partial charge in [-0.2, -0.15) is 13.2 Å². The van der Waals surface area contributed by atoms with Crippen LogP contribution in [0.4, 0.5) is 18.0 Å². The molecule has 0 aromatic carbocycles. The van der Waals surface area contributed by atoms with E-state index in [-0.39, 0.29) is 19.6 Å². The number of morpholine rings is 1. The van der Waals surface area contributed by atoms with Gasteiger partial charge in [0, 0.05) is 43.9 Å². The Labute approximate surface area is 234 Å². The van der Waals surface area contributed by atoms with Crippen LogP contribution in [-0.4, -0.2) is 93.4 Å². The van der Waals surface area contributed by atoms with Crippen molar-refractivity contribution in [2.24, 2.45) is 15.9 Å². The third kappa shape index (κ3) is 15.1. The molecule has 3 aliphatic rings. The number of hydrogen-bond donors (Lipinski definition) is 1. The number of ether oxygens (including phenoxy) is 3. The van der Waals surface area contributed by atoms with Gasteiger partial charge >= 0.3 is 12.3 Å². The van der Waals surface area contributed by atoms with E-state index < -0.39 is 12.3 Å². The number of carbonyl (C=O) groups excluding carboxylic acids is 1. The van der Waals surface area contributed by atoms with Crippen molar-refractivity contribution in [3.05, 3.63) is 41.4 Å². The molecule has 1 atom stereocenters. The Balaban J connectivity index is 0.000000472. The first-order valence-electron chi connectivity index (χ1n) is 13.6. The summed E-state index contributed by atoms with van der Waals surface area (Å²) in [5.74, 6) is 1.06. The van der Waals surface area contributed by atoms with Crippen LogP contribution in [0.3, 0.4) is 0 Å². The minimum Gasteiger partial charge on any atom is -0.444 e. The summed E-state index contributed by atoms with van der Waals surface area (Å²) in [5.41, 5.74) is 3.12. The van der Waals surface area contributed by atoms with Gasteiger partial charge in [-0.1, -0.05) is 26.2 Å². The SMILES string of the molecule is C=N/C(=C\C(=N/CN1CCOCC1)c1ccc(C)nc1)CNC(=O)OC1CCOC1.CC(F)(F)F.CC1CCC1. The molecule has 2 saturated heterocycles. The summed E-state index contributed by atoms with van der Waals surface area (Å²) in [6.07, 6.45) is 4.09. The summed E-state index contributed by atoms with van der Waals surface area (Å²) < 4.78 is 47.0. The number of nitrogens with one attached hydrogen (secondary N) is 1. The molecule has 1 N–H and O–H groups in total. The molecular formula is C28H42F3N5O4. The van der Waals surface area contributed by atoms with Crippen molar-refractivity contribution in [3.8, 4) is 0 Å². The Kier molecular flexibility index (Phi) is 14.8. The van der Waals surface area contributed by atoms with Gasteiger partial charge in [0.05, 0.1) is 51.0 Å². The van der Waals surface area contributed by atoms with E-state index in [1.165, 1.54) is 19.3 Å². The van der Waals surface area contributed by atoms with Crippen LogP contribution in [-0.2, 0) is 14.2 Å². The summed E-state index contributed by atoms with van der Waals surface area (Å²) >= 11 is 0. The van der Waals surface area contributed by atoms with E-state index in [1.54, 1.807) is 6.20 Å². The zero-order valence-corrected chi connectivity index (χ0v) is 23.7. The Morgan fingerprint density at radius 3 is 2.40 bits per heavy atom. The van der Waals surface area contributed by atoms with E-state index in [4.69, 9.17) is 19.2 Å². The molecule has 1 unspecified atom stereocenters. The second-order valence-corrected chi connectivity index (χ2v) is 9.96. The minimum absolute atomic E-state index is 0.186. The maximum absolute atomic E-state index is 12.0. The molecule has 1 amide bonds. The number of nitrogens with zero attached hydrogens (tertiary/aromatic N) is 4. The fourth-order valence-electron chi connectivity index (χ4n) is 3.64. The highest BCUT2D eigenvalue weighted by molar-refractivity contribution is 6.09. The number of aliphatic imine (C=N–C) groups is 2. The lowest BCUT2D eigenvalue weighted by Gasteiger charge is -2.24. The van der Waals surface area contributed by atoms with Gasteiger partial charge in [-0.25, -0.2) is 4.79 Å². The molecular weight excluding hydrogens is 527 g/mol. The number of halogens is 3. The van der Waals surface area contributed by atoms with Gasteiger partial charge in [0.2, 0.25) is 0 Å². The van der Waals surface area contributed by atoms with Crippen LogP contribution in [0.1, 0.15) is 50.8 Å². The molecule has 9 nitrogen and oxygen atoms in total. The van der Waals surface area contributed by atoms with Crippen molar-refractivity contribution in [2.45, 2.75) is 58.7 Å². The van der Waals surface area contributed by atoms with E-state index >= 15 is 0 Å². The first-order valence-corrected chi connectivity index (χ1v) is 13.6. The van der Waals surface area contributed by atoms with Crippen LogP contribution in [0.15, 0.2) is 40.1 Å². The molecule has 4 rings (SSSR count). The third-order valence-corrected chi connectivity index (χ3v) is 6.23. The maximum atomic E-state index is 12.0. The number of hydrogen-bond acceptors (Lipinski definition) is 8. The molecule has 1 aliphatic carbocycles. The number of rotatable bonds is 8. The van der Waals surface area contributed by atoms with Crippen LogP contribution < -0.4 is 5.32 Å². The van der Waals surface area contributed by atoms with Crippen molar-refractivity contribution in [3.63, 3.8) is 0 Å². The summed E-state index contributed by atoms with van der Waals surface area (Å²) in [5, 5.41) is 2.72. The molecule has 0 radical (unpaired) electrons. The predicted molar refractivity (Wildman–Crippen MR) is 149 cm³/mol. The van der Waals surface area contributed by atoms with Crippen LogP contribution in [0.25, 0.3) is 0 Å². The monoisotopic (exact) mass is 569 g/mol. The lowest BCUT2D eigenvalue weighted by molar-refractivity contribution is -0.110. The molecule has 3 fully saturated rings. The van der Waals surface area contributed by atoms with Crippen LogP contribution >= 0.6 is 0 Å². The molecule has 2 aliphatic heterocycles. The predicted octanol–water partition coefficient (Wildman–Crippen LogP) is 4.94. The van der Waals surface area contributed by atoms with Gasteiger partial charge in [0.25, 0.3) is 0 Å². The summed E-state index contributed by atoms with van der Waals surface area (Å²) in [7, 11) is 0. The molecule has 3 heterocycles. The second kappa shape index (κ2) is 17.8. The van der Waals surface area contributed by atoms with Crippen molar-refractivity contribution < 1.29 is 32.2 Å². The van der Waals surface area contributed by atoms with Gasteiger partial charge < -0.3 is 19.5 Å². The number of aryl methyl sites for hydroxylation is 1. The van der Waals surface area contributed by atoms with Gasteiger partial charge in [-0.05, 0) is 37.8 Å². The minimum atomic E-state index is -4.00. The Bertz CT molecular complexity index is 948. The maximum Gasteiger partial charge on any atom is 0.407 e. The lowest BCUT2D eigenvalue weighted by atomic mass is 9.88. The fourth-order valence-corrected chi connectivity index (χ4v) is 3.64.